The van der Waals surface area contributed by atoms with Crippen LogP contribution < -0.4 is 14.8 Å². The van der Waals surface area contributed by atoms with E-state index in [4.69, 9.17) is 14.0 Å². The molecule has 0 saturated heterocycles. The number of aryl methyl sites for hydroxylation is 1. The van der Waals surface area contributed by atoms with Crippen molar-refractivity contribution >= 4 is 11.6 Å². The Balaban J connectivity index is 1.38. The number of carbonyl (C=O) groups excluding carboxylic acids is 1. The van der Waals surface area contributed by atoms with Crippen LogP contribution in [0, 0.1) is 12.7 Å². The molecule has 1 heterocycles. The number of rotatable bonds is 8. The number of ether oxygens (including phenoxy) is 2. The second-order valence-electron chi connectivity index (χ2n) is 6.95. The van der Waals surface area contributed by atoms with Crippen molar-refractivity contribution in [2.75, 3.05) is 11.9 Å². The van der Waals surface area contributed by atoms with Gasteiger partial charge in [-0.05, 0) is 55.5 Å². The van der Waals surface area contributed by atoms with E-state index in [0.29, 0.717) is 28.6 Å². The van der Waals surface area contributed by atoms with Gasteiger partial charge in [0.2, 0.25) is 5.82 Å². The standard InChI is InChI=1S/C24H20FN3O4/c1-16-6-10-18(11-7-16)26-22(29)14-31-21-5-3-2-4-20(21)24-27-23(32-28-24)15-30-19-12-8-17(25)9-13-19/h2-13H,14-15H2,1H3,(H,26,29). The lowest BCUT2D eigenvalue weighted by molar-refractivity contribution is -0.118. The molecule has 0 unspecified atom stereocenters. The van der Waals surface area contributed by atoms with Crippen molar-refractivity contribution in [3.05, 3.63) is 90.1 Å². The molecule has 8 heteroatoms. The molecule has 0 bridgehead atoms. The molecule has 0 radical (unpaired) electrons. The van der Waals surface area contributed by atoms with Gasteiger partial charge in [-0.25, -0.2) is 4.39 Å². The molecular weight excluding hydrogens is 413 g/mol. The number of halogens is 1. The predicted octanol–water partition coefficient (Wildman–Crippen LogP) is 4.78. The number of para-hydroxylation sites is 1. The van der Waals surface area contributed by atoms with Gasteiger partial charge >= 0.3 is 0 Å². The first-order valence-electron chi connectivity index (χ1n) is 9.86. The highest BCUT2D eigenvalue weighted by atomic mass is 19.1. The van der Waals surface area contributed by atoms with Crippen LogP contribution in [0.3, 0.4) is 0 Å². The van der Waals surface area contributed by atoms with Crippen LogP contribution in [0.4, 0.5) is 10.1 Å². The third-order valence-corrected chi connectivity index (χ3v) is 4.47. The summed E-state index contributed by atoms with van der Waals surface area (Å²) in [6, 6.07) is 20.2. The molecular formula is C24H20FN3O4. The Kier molecular flexibility index (Phi) is 6.41. The van der Waals surface area contributed by atoms with Gasteiger partial charge in [-0.15, -0.1) is 0 Å². The number of hydrogen-bond acceptors (Lipinski definition) is 6. The largest absolute Gasteiger partial charge is 0.484 e. The molecule has 3 aromatic carbocycles. The normalized spacial score (nSPS) is 10.6. The summed E-state index contributed by atoms with van der Waals surface area (Å²) in [5, 5.41) is 6.75. The van der Waals surface area contributed by atoms with Gasteiger partial charge in [-0.2, -0.15) is 4.98 Å². The molecule has 32 heavy (non-hydrogen) atoms. The number of nitrogens with zero attached hydrogens (tertiary/aromatic N) is 2. The first-order valence-corrected chi connectivity index (χ1v) is 9.86. The number of carbonyl (C=O) groups is 1. The Labute approximate surface area is 183 Å². The lowest BCUT2D eigenvalue weighted by Gasteiger charge is -2.10. The van der Waals surface area contributed by atoms with Crippen LogP contribution in [0.15, 0.2) is 77.3 Å². The van der Waals surface area contributed by atoms with Crippen LogP contribution >= 0.6 is 0 Å². The summed E-state index contributed by atoms with van der Waals surface area (Å²) in [5.74, 6) is 0.841. The maximum atomic E-state index is 13.0. The summed E-state index contributed by atoms with van der Waals surface area (Å²) in [6.07, 6.45) is 0. The third-order valence-electron chi connectivity index (χ3n) is 4.47. The van der Waals surface area contributed by atoms with Gasteiger partial charge in [0.1, 0.15) is 17.3 Å². The van der Waals surface area contributed by atoms with Gasteiger partial charge in [0.05, 0.1) is 5.56 Å². The molecule has 0 atom stereocenters. The Morgan fingerprint density at radius 2 is 1.75 bits per heavy atom. The smallest absolute Gasteiger partial charge is 0.264 e. The Hall–Kier alpha value is -4.20. The topological polar surface area (TPSA) is 86.5 Å². The molecule has 162 valence electrons. The monoisotopic (exact) mass is 433 g/mol. The van der Waals surface area contributed by atoms with E-state index in [0.717, 1.165) is 5.56 Å². The molecule has 0 fully saturated rings. The van der Waals surface area contributed by atoms with Gasteiger partial charge in [0.15, 0.2) is 13.2 Å². The SMILES string of the molecule is Cc1ccc(NC(=O)COc2ccccc2-c2noc(COc3ccc(F)cc3)n2)cc1. The summed E-state index contributed by atoms with van der Waals surface area (Å²) in [7, 11) is 0. The number of nitrogens with one attached hydrogen (secondary N) is 1. The zero-order chi connectivity index (χ0) is 22.3. The van der Waals surface area contributed by atoms with Gasteiger partial charge in [0.25, 0.3) is 11.8 Å². The summed E-state index contributed by atoms with van der Waals surface area (Å²) < 4.78 is 29.4. The van der Waals surface area contributed by atoms with Crippen LogP contribution in [0.1, 0.15) is 11.5 Å². The van der Waals surface area contributed by atoms with E-state index in [-0.39, 0.29) is 30.8 Å². The summed E-state index contributed by atoms with van der Waals surface area (Å²) >= 11 is 0. The molecule has 7 nitrogen and oxygen atoms in total. The maximum Gasteiger partial charge on any atom is 0.264 e. The zero-order valence-electron chi connectivity index (χ0n) is 17.2. The fraction of sp³-hybridized carbons (Fsp3) is 0.125. The fourth-order valence-electron chi connectivity index (χ4n) is 2.85. The molecule has 4 rings (SSSR count). The molecule has 1 N–H and O–H groups in total. The van der Waals surface area contributed by atoms with Crippen molar-refractivity contribution in [1.82, 2.24) is 10.1 Å². The first kappa shape index (κ1) is 21.0. The quantitative estimate of drug-likeness (QED) is 0.430. The van der Waals surface area contributed by atoms with Crippen LogP contribution in [-0.4, -0.2) is 22.7 Å². The Morgan fingerprint density at radius 3 is 2.53 bits per heavy atom. The van der Waals surface area contributed by atoms with E-state index >= 15 is 0 Å². The minimum Gasteiger partial charge on any atom is -0.484 e. The summed E-state index contributed by atoms with van der Waals surface area (Å²) in [4.78, 5) is 16.6. The Morgan fingerprint density at radius 1 is 1.00 bits per heavy atom. The Bertz CT molecular complexity index is 1190. The predicted molar refractivity (Wildman–Crippen MR) is 116 cm³/mol. The minimum absolute atomic E-state index is 0.0284. The lowest BCUT2D eigenvalue weighted by atomic mass is 10.2. The number of amides is 1. The van der Waals surface area contributed by atoms with Gasteiger partial charge in [-0.3, -0.25) is 4.79 Å². The van der Waals surface area contributed by atoms with Crippen molar-refractivity contribution in [2.24, 2.45) is 0 Å². The highest BCUT2D eigenvalue weighted by Gasteiger charge is 2.15. The van der Waals surface area contributed by atoms with Crippen LogP contribution in [0.25, 0.3) is 11.4 Å². The molecule has 0 saturated carbocycles. The number of aromatic nitrogens is 2. The van der Waals surface area contributed by atoms with Crippen molar-refractivity contribution in [3.63, 3.8) is 0 Å². The number of benzene rings is 3. The third kappa shape index (κ3) is 5.48. The molecule has 1 aromatic heterocycles. The van der Waals surface area contributed by atoms with Gasteiger partial charge in [-0.1, -0.05) is 35.0 Å². The van der Waals surface area contributed by atoms with Crippen molar-refractivity contribution in [2.45, 2.75) is 13.5 Å². The lowest BCUT2D eigenvalue weighted by Crippen LogP contribution is -2.20. The van der Waals surface area contributed by atoms with Crippen LogP contribution in [0.5, 0.6) is 11.5 Å². The van der Waals surface area contributed by atoms with Gasteiger partial charge in [0, 0.05) is 5.69 Å². The fourth-order valence-corrected chi connectivity index (χ4v) is 2.85. The second kappa shape index (κ2) is 9.74. The highest BCUT2D eigenvalue weighted by Crippen LogP contribution is 2.28. The van der Waals surface area contributed by atoms with E-state index in [2.05, 4.69) is 15.5 Å². The minimum atomic E-state index is -0.346. The summed E-state index contributed by atoms with van der Waals surface area (Å²) in [6.45, 7) is 1.83. The van der Waals surface area contributed by atoms with E-state index in [1.807, 2.05) is 31.2 Å². The number of anilines is 1. The van der Waals surface area contributed by atoms with E-state index in [1.54, 1.807) is 24.3 Å². The van der Waals surface area contributed by atoms with E-state index in [1.165, 1.54) is 24.3 Å². The van der Waals surface area contributed by atoms with Crippen molar-refractivity contribution in [1.29, 1.82) is 0 Å². The van der Waals surface area contributed by atoms with Crippen molar-refractivity contribution in [3.8, 4) is 22.9 Å². The van der Waals surface area contributed by atoms with E-state index in [9.17, 15) is 9.18 Å². The maximum absolute atomic E-state index is 13.0. The molecule has 4 aromatic rings. The molecule has 0 aliphatic rings. The molecule has 1 amide bonds. The number of hydrogen-bond donors (Lipinski definition) is 1. The summed E-state index contributed by atoms with van der Waals surface area (Å²) in [5.41, 5.74) is 2.38. The van der Waals surface area contributed by atoms with E-state index < -0.39 is 0 Å². The van der Waals surface area contributed by atoms with Crippen LogP contribution in [0.2, 0.25) is 0 Å². The molecule has 0 aliphatic heterocycles. The second-order valence-corrected chi connectivity index (χ2v) is 6.95. The van der Waals surface area contributed by atoms with Crippen molar-refractivity contribution < 1.29 is 23.2 Å². The molecule has 0 spiro atoms. The average molecular weight is 433 g/mol. The zero-order valence-corrected chi connectivity index (χ0v) is 17.2. The first-order chi connectivity index (χ1) is 15.6. The van der Waals surface area contributed by atoms with Gasteiger partial charge < -0.3 is 19.3 Å². The average Bonchev–Trinajstić information content (AvgIpc) is 3.28. The highest BCUT2D eigenvalue weighted by molar-refractivity contribution is 5.92. The van der Waals surface area contributed by atoms with Crippen LogP contribution in [-0.2, 0) is 11.4 Å². The molecule has 0 aliphatic carbocycles.